The Balaban J connectivity index is 1.35. The molecule has 9 nitrogen and oxygen atoms in total. The molecule has 0 spiro atoms. The number of aromatic nitrogens is 2. The van der Waals surface area contributed by atoms with Crippen LogP contribution in [0.25, 0.3) is 0 Å². The SMILES string of the molecule is CN(CC(=O)Nc1ccc(N2CCOCC2)cc1)C(=O)c1ccc(=O)n(Cc2ccccc2)n1. The van der Waals surface area contributed by atoms with Crippen LogP contribution in [-0.2, 0) is 16.1 Å². The molecule has 1 aliphatic rings. The zero-order chi connectivity index (χ0) is 23.9. The summed E-state index contributed by atoms with van der Waals surface area (Å²) in [5.74, 6) is -0.771. The first kappa shape index (κ1) is 23.2. The first-order valence-corrected chi connectivity index (χ1v) is 11.1. The molecule has 9 heteroatoms. The normalized spacial score (nSPS) is 13.4. The van der Waals surface area contributed by atoms with Gasteiger partial charge in [-0.1, -0.05) is 30.3 Å². The Morgan fingerprint density at radius 2 is 1.71 bits per heavy atom. The zero-order valence-corrected chi connectivity index (χ0v) is 19.0. The molecule has 3 aromatic rings. The molecule has 176 valence electrons. The summed E-state index contributed by atoms with van der Waals surface area (Å²) in [7, 11) is 1.53. The summed E-state index contributed by atoms with van der Waals surface area (Å²) in [5, 5.41) is 7.01. The van der Waals surface area contributed by atoms with Crippen LogP contribution in [0.2, 0.25) is 0 Å². The van der Waals surface area contributed by atoms with Gasteiger partial charge in [-0.15, -0.1) is 0 Å². The van der Waals surface area contributed by atoms with Crippen LogP contribution >= 0.6 is 0 Å². The van der Waals surface area contributed by atoms with Gasteiger partial charge in [0.15, 0.2) is 0 Å². The molecule has 0 atom stereocenters. The minimum absolute atomic E-state index is 0.0979. The van der Waals surface area contributed by atoms with E-state index >= 15 is 0 Å². The summed E-state index contributed by atoms with van der Waals surface area (Å²) in [6.45, 7) is 3.20. The van der Waals surface area contributed by atoms with E-state index in [1.54, 1.807) is 0 Å². The number of carbonyl (C=O) groups excluding carboxylic acids is 2. The number of nitrogens with zero attached hydrogens (tertiary/aromatic N) is 4. The van der Waals surface area contributed by atoms with Crippen molar-refractivity contribution < 1.29 is 14.3 Å². The lowest BCUT2D eigenvalue weighted by Gasteiger charge is -2.28. The molecule has 1 N–H and O–H groups in total. The first-order valence-electron chi connectivity index (χ1n) is 11.1. The fraction of sp³-hybridized carbons (Fsp3) is 0.280. The van der Waals surface area contributed by atoms with Crippen LogP contribution < -0.4 is 15.8 Å². The quantitative estimate of drug-likeness (QED) is 0.577. The van der Waals surface area contributed by atoms with Crippen LogP contribution in [0.5, 0.6) is 0 Å². The maximum absolute atomic E-state index is 12.8. The number of rotatable bonds is 7. The predicted molar refractivity (Wildman–Crippen MR) is 129 cm³/mol. The maximum atomic E-state index is 12.8. The molecule has 1 fully saturated rings. The molecule has 2 heterocycles. The standard InChI is InChI=1S/C25H27N5O4/c1-28(18-23(31)26-20-7-9-21(10-8-20)29-13-15-34-16-14-29)25(33)22-11-12-24(32)30(27-22)17-19-5-3-2-4-6-19/h2-12H,13-18H2,1H3,(H,26,31). The second kappa shape index (κ2) is 10.8. The molecule has 0 unspecified atom stereocenters. The van der Waals surface area contributed by atoms with Gasteiger partial charge < -0.3 is 19.9 Å². The van der Waals surface area contributed by atoms with E-state index in [-0.39, 0.29) is 30.2 Å². The van der Waals surface area contributed by atoms with Gasteiger partial charge in [0.25, 0.3) is 11.5 Å². The highest BCUT2D eigenvalue weighted by Gasteiger charge is 2.18. The second-order valence-corrected chi connectivity index (χ2v) is 8.06. The van der Waals surface area contributed by atoms with Crippen LogP contribution in [0, 0.1) is 0 Å². The Morgan fingerprint density at radius 1 is 1.00 bits per heavy atom. The molecule has 0 bridgehead atoms. The molecule has 2 amide bonds. The summed E-state index contributed by atoms with van der Waals surface area (Å²) in [5.41, 5.74) is 2.42. The molecule has 0 radical (unpaired) electrons. The average molecular weight is 462 g/mol. The number of morpholine rings is 1. The van der Waals surface area contributed by atoms with Crippen LogP contribution in [0.3, 0.4) is 0 Å². The van der Waals surface area contributed by atoms with Crippen molar-refractivity contribution in [1.29, 1.82) is 0 Å². The van der Waals surface area contributed by atoms with E-state index in [2.05, 4.69) is 15.3 Å². The molecule has 34 heavy (non-hydrogen) atoms. The number of likely N-dealkylation sites (N-methyl/N-ethyl adjacent to an activating group) is 1. The summed E-state index contributed by atoms with van der Waals surface area (Å²) < 4.78 is 6.62. The fourth-order valence-corrected chi connectivity index (χ4v) is 3.69. The van der Waals surface area contributed by atoms with E-state index in [1.165, 1.54) is 28.8 Å². The van der Waals surface area contributed by atoms with Crippen LogP contribution in [-0.4, -0.2) is 66.4 Å². The molecule has 2 aromatic carbocycles. The highest BCUT2D eigenvalue weighted by atomic mass is 16.5. The molecule has 0 saturated carbocycles. The van der Waals surface area contributed by atoms with Gasteiger partial charge in [0, 0.05) is 37.6 Å². The van der Waals surface area contributed by atoms with Crippen molar-refractivity contribution in [3.05, 3.63) is 88.3 Å². The van der Waals surface area contributed by atoms with Crippen LogP contribution in [0.4, 0.5) is 11.4 Å². The number of nitrogens with one attached hydrogen (secondary N) is 1. The Kier molecular flexibility index (Phi) is 7.34. The molecule has 1 aliphatic heterocycles. The lowest BCUT2D eigenvalue weighted by atomic mass is 10.2. The van der Waals surface area contributed by atoms with Crippen molar-refractivity contribution in [3.8, 4) is 0 Å². The van der Waals surface area contributed by atoms with Gasteiger partial charge in [0.1, 0.15) is 5.69 Å². The fourth-order valence-electron chi connectivity index (χ4n) is 3.69. The number of carbonyl (C=O) groups is 2. The zero-order valence-electron chi connectivity index (χ0n) is 19.0. The number of ether oxygens (including phenoxy) is 1. The second-order valence-electron chi connectivity index (χ2n) is 8.06. The van der Waals surface area contributed by atoms with Gasteiger partial charge >= 0.3 is 0 Å². The number of anilines is 2. The molecule has 1 aromatic heterocycles. The Hall–Kier alpha value is -3.98. The Bertz CT molecular complexity index is 1190. The lowest BCUT2D eigenvalue weighted by molar-refractivity contribution is -0.116. The van der Waals surface area contributed by atoms with E-state index in [0.29, 0.717) is 18.9 Å². The Morgan fingerprint density at radius 3 is 2.41 bits per heavy atom. The third-order valence-electron chi connectivity index (χ3n) is 5.52. The minimum atomic E-state index is -0.445. The molecule has 4 rings (SSSR count). The van der Waals surface area contributed by atoms with E-state index in [4.69, 9.17) is 4.74 Å². The Labute approximate surface area is 197 Å². The van der Waals surface area contributed by atoms with Gasteiger partial charge in [0.2, 0.25) is 5.91 Å². The van der Waals surface area contributed by atoms with Crippen molar-refractivity contribution >= 4 is 23.2 Å². The third kappa shape index (κ3) is 5.87. The highest BCUT2D eigenvalue weighted by Crippen LogP contribution is 2.19. The van der Waals surface area contributed by atoms with Gasteiger partial charge in [-0.25, -0.2) is 4.68 Å². The van der Waals surface area contributed by atoms with E-state index < -0.39 is 5.91 Å². The van der Waals surface area contributed by atoms with Gasteiger partial charge in [-0.05, 0) is 35.9 Å². The topological polar surface area (TPSA) is 96.8 Å². The number of benzene rings is 2. The molecular weight excluding hydrogens is 434 g/mol. The van der Waals surface area contributed by atoms with Gasteiger partial charge in [0.05, 0.1) is 26.3 Å². The molecule has 0 aliphatic carbocycles. The summed E-state index contributed by atoms with van der Waals surface area (Å²) in [6.07, 6.45) is 0. The summed E-state index contributed by atoms with van der Waals surface area (Å²) in [4.78, 5) is 41.0. The number of hydrogen-bond donors (Lipinski definition) is 1. The lowest BCUT2D eigenvalue weighted by Crippen LogP contribution is -2.37. The van der Waals surface area contributed by atoms with E-state index in [0.717, 1.165) is 24.3 Å². The van der Waals surface area contributed by atoms with Crippen molar-refractivity contribution in [3.63, 3.8) is 0 Å². The van der Waals surface area contributed by atoms with Crippen molar-refractivity contribution in [2.24, 2.45) is 0 Å². The number of amides is 2. The average Bonchev–Trinajstić information content (AvgIpc) is 2.86. The largest absolute Gasteiger partial charge is 0.378 e. The molecule has 1 saturated heterocycles. The highest BCUT2D eigenvalue weighted by molar-refractivity contribution is 5.98. The van der Waals surface area contributed by atoms with Crippen molar-refractivity contribution in [2.45, 2.75) is 6.54 Å². The summed E-state index contributed by atoms with van der Waals surface area (Å²) >= 11 is 0. The first-order chi connectivity index (χ1) is 16.5. The number of hydrogen-bond acceptors (Lipinski definition) is 6. The third-order valence-corrected chi connectivity index (χ3v) is 5.52. The summed E-state index contributed by atoms with van der Waals surface area (Å²) in [6, 6.07) is 19.7. The predicted octanol–water partition coefficient (Wildman–Crippen LogP) is 1.84. The van der Waals surface area contributed by atoms with Crippen LogP contribution in [0.1, 0.15) is 16.1 Å². The van der Waals surface area contributed by atoms with Crippen molar-refractivity contribution in [2.75, 3.05) is 50.1 Å². The van der Waals surface area contributed by atoms with Crippen LogP contribution in [0.15, 0.2) is 71.5 Å². The van der Waals surface area contributed by atoms with E-state index in [1.807, 2.05) is 54.6 Å². The molecular formula is C25H27N5O4. The van der Waals surface area contributed by atoms with Crippen molar-refractivity contribution in [1.82, 2.24) is 14.7 Å². The van der Waals surface area contributed by atoms with E-state index in [9.17, 15) is 14.4 Å². The van der Waals surface area contributed by atoms with Gasteiger partial charge in [-0.2, -0.15) is 5.10 Å². The van der Waals surface area contributed by atoms with Gasteiger partial charge in [-0.3, -0.25) is 14.4 Å². The smallest absolute Gasteiger partial charge is 0.274 e. The minimum Gasteiger partial charge on any atom is -0.378 e. The maximum Gasteiger partial charge on any atom is 0.274 e. The monoisotopic (exact) mass is 461 g/mol.